The Hall–Kier alpha value is -2.51. The molecule has 0 saturated carbocycles. The van der Waals surface area contributed by atoms with Crippen LogP contribution in [0.1, 0.15) is 22.3 Å². The molecule has 0 atom stereocenters. The van der Waals surface area contributed by atoms with Crippen molar-refractivity contribution in [2.45, 2.75) is 13.8 Å². The second-order valence-corrected chi connectivity index (χ2v) is 6.90. The van der Waals surface area contributed by atoms with Crippen molar-refractivity contribution in [3.05, 3.63) is 52.6 Å². The van der Waals surface area contributed by atoms with E-state index < -0.39 is 10.2 Å². The molecular weight excluding hydrogens is 340 g/mol. The lowest BCUT2D eigenvalue weighted by atomic mass is 10.0. The van der Waals surface area contributed by atoms with Crippen molar-refractivity contribution in [3.63, 3.8) is 0 Å². The Kier molecular flexibility index (Phi) is 5.71. The van der Waals surface area contributed by atoms with E-state index in [2.05, 4.69) is 10.8 Å². The van der Waals surface area contributed by atoms with E-state index in [4.69, 9.17) is 14.6 Å². The summed E-state index contributed by atoms with van der Waals surface area (Å²) in [5, 5.41) is 5.04. The van der Waals surface area contributed by atoms with Crippen molar-refractivity contribution in [2.24, 2.45) is 5.14 Å². The maximum absolute atomic E-state index is 11.3. The highest BCUT2D eigenvalue weighted by atomic mass is 32.2. The summed E-state index contributed by atoms with van der Waals surface area (Å²) in [5.41, 5.74) is 4.29. The number of rotatable bonds is 6. The van der Waals surface area contributed by atoms with Gasteiger partial charge < -0.3 is 9.47 Å². The average Bonchev–Trinajstić information content (AvgIpc) is 2.54. The van der Waals surface area contributed by atoms with Gasteiger partial charge in [0, 0.05) is 0 Å². The van der Waals surface area contributed by atoms with Crippen LogP contribution in [-0.2, 0) is 10.2 Å². The van der Waals surface area contributed by atoms with Gasteiger partial charge in [-0.05, 0) is 54.3 Å². The van der Waals surface area contributed by atoms with E-state index in [1.165, 1.54) is 7.11 Å². The van der Waals surface area contributed by atoms with Gasteiger partial charge in [-0.25, -0.2) is 5.14 Å². The smallest absolute Gasteiger partial charge is 0.296 e. The number of nitrogens with one attached hydrogen (secondary N) is 1. The molecule has 25 heavy (non-hydrogen) atoms. The molecule has 0 aliphatic heterocycles. The standard InChI is InChI=1S/C18H22N2O4S/c1-12-9-15(11-18(24-4)13(12)2)6-5-14-7-8-17(23-3)16(10-14)20-25(19,21)22/h5-11,20H,1-4H3,(H2,19,21,22)/b6-5-. The first kappa shape index (κ1) is 18.8. The highest BCUT2D eigenvalue weighted by Crippen LogP contribution is 2.28. The maximum atomic E-state index is 11.3. The summed E-state index contributed by atoms with van der Waals surface area (Å²) in [4.78, 5) is 0. The molecule has 2 aromatic carbocycles. The molecule has 0 heterocycles. The van der Waals surface area contributed by atoms with Crippen LogP contribution in [0, 0.1) is 13.8 Å². The number of methoxy groups -OCH3 is 2. The molecule has 0 aliphatic rings. The molecule has 0 aromatic heterocycles. The van der Waals surface area contributed by atoms with E-state index in [1.807, 2.05) is 38.1 Å². The maximum Gasteiger partial charge on any atom is 0.296 e. The molecule has 6 nitrogen and oxygen atoms in total. The highest BCUT2D eigenvalue weighted by Gasteiger charge is 2.09. The third-order valence-electron chi connectivity index (χ3n) is 3.81. The highest BCUT2D eigenvalue weighted by molar-refractivity contribution is 7.90. The molecule has 0 radical (unpaired) electrons. The fraction of sp³-hybridized carbons (Fsp3) is 0.222. The molecule has 0 fully saturated rings. The van der Waals surface area contributed by atoms with Gasteiger partial charge in [0.15, 0.2) is 0 Å². The summed E-state index contributed by atoms with van der Waals surface area (Å²) < 4.78 is 35.3. The first-order chi connectivity index (χ1) is 11.7. The quantitative estimate of drug-likeness (QED) is 0.773. The number of anilines is 1. The second-order valence-electron chi connectivity index (χ2n) is 5.61. The molecule has 0 amide bonds. The Balaban J connectivity index is 2.35. The molecule has 0 aliphatic carbocycles. The molecular formula is C18H22N2O4S. The first-order valence-electron chi connectivity index (χ1n) is 7.55. The van der Waals surface area contributed by atoms with E-state index >= 15 is 0 Å². The third kappa shape index (κ3) is 4.98. The Morgan fingerprint density at radius 3 is 2.20 bits per heavy atom. The number of hydrogen-bond acceptors (Lipinski definition) is 4. The van der Waals surface area contributed by atoms with Crippen molar-refractivity contribution in [3.8, 4) is 11.5 Å². The summed E-state index contributed by atoms with van der Waals surface area (Å²) in [6.07, 6.45) is 3.80. The molecule has 7 heteroatoms. The monoisotopic (exact) mass is 362 g/mol. The predicted molar refractivity (Wildman–Crippen MR) is 101 cm³/mol. The van der Waals surface area contributed by atoms with Gasteiger partial charge in [-0.1, -0.05) is 24.3 Å². The van der Waals surface area contributed by atoms with Crippen LogP contribution >= 0.6 is 0 Å². The van der Waals surface area contributed by atoms with Crippen LogP contribution in [0.2, 0.25) is 0 Å². The fourth-order valence-electron chi connectivity index (χ4n) is 2.42. The number of nitrogens with two attached hydrogens (primary N) is 1. The Bertz CT molecular complexity index is 906. The van der Waals surface area contributed by atoms with Crippen molar-refractivity contribution in [2.75, 3.05) is 18.9 Å². The number of aryl methyl sites for hydroxylation is 1. The molecule has 0 unspecified atom stereocenters. The predicted octanol–water partition coefficient (Wildman–Crippen LogP) is 3.11. The minimum absolute atomic E-state index is 0.282. The lowest BCUT2D eigenvalue weighted by Gasteiger charge is -2.10. The Labute approximate surface area is 148 Å². The van der Waals surface area contributed by atoms with E-state index in [1.54, 1.807) is 19.2 Å². The minimum Gasteiger partial charge on any atom is -0.496 e. The van der Waals surface area contributed by atoms with E-state index in [9.17, 15) is 8.42 Å². The molecule has 2 rings (SSSR count). The van der Waals surface area contributed by atoms with Gasteiger partial charge in [-0.3, -0.25) is 4.72 Å². The SMILES string of the molecule is COc1ccc(/C=C\c2cc(C)c(C)c(OC)c2)cc1NS(N)(=O)=O. The zero-order chi connectivity index (χ0) is 18.6. The van der Waals surface area contributed by atoms with Gasteiger partial charge in [-0.15, -0.1) is 0 Å². The van der Waals surface area contributed by atoms with Gasteiger partial charge in [0.2, 0.25) is 0 Å². The van der Waals surface area contributed by atoms with Crippen molar-refractivity contribution in [1.82, 2.24) is 0 Å². The van der Waals surface area contributed by atoms with Crippen LogP contribution in [0.25, 0.3) is 12.2 Å². The summed E-state index contributed by atoms with van der Waals surface area (Å²) in [7, 11) is -0.782. The molecule has 2 aromatic rings. The van der Waals surface area contributed by atoms with Crippen molar-refractivity contribution < 1.29 is 17.9 Å². The van der Waals surface area contributed by atoms with E-state index in [0.29, 0.717) is 5.75 Å². The zero-order valence-corrected chi connectivity index (χ0v) is 15.5. The lowest BCUT2D eigenvalue weighted by molar-refractivity contribution is 0.411. The second kappa shape index (κ2) is 7.58. The number of hydrogen-bond donors (Lipinski definition) is 2. The summed E-state index contributed by atoms with van der Waals surface area (Å²) >= 11 is 0. The average molecular weight is 362 g/mol. The number of ether oxygens (including phenoxy) is 2. The van der Waals surface area contributed by atoms with Crippen LogP contribution in [0.4, 0.5) is 5.69 Å². The minimum atomic E-state index is -3.88. The van der Waals surface area contributed by atoms with Gasteiger partial charge in [0.1, 0.15) is 11.5 Å². The molecule has 0 spiro atoms. The summed E-state index contributed by atoms with van der Waals surface area (Å²) in [5.74, 6) is 1.21. The normalized spacial score (nSPS) is 11.6. The summed E-state index contributed by atoms with van der Waals surface area (Å²) in [6, 6.07) is 9.15. The largest absolute Gasteiger partial charge is 0.496 e. The summed E-state index contributed by atoms with van der Waals surface area (Å²) in [6.45, 7) is 4.03. The van der Waals surface area contributed by atoms with Crippen molar-refractivity contribution >= 4 is 28.0 Å². The molecule has 0 bridgehead atoms. The van der Waals surface area contributed by atoms with Gasteiger partial charge in [0.05, 0.1) is 19.9 Å². The van der Waals surface area contributed by atoms with Crippen LogP contribution in [0.15, 0.2) is 30.3 Å². The fourth-order valence-corrected chi connectivity index (χ4v) is 2.88. The van der Waals surface area contributed by atoms with Gasteiger partial charge in [0.25, 0.3) is 10.2 Å². The zero-order valence-electron chi connectivity index (χ0n) is 14.7. The topological polar surface area (TPSA) is 90.7 Å². The van der Waals surface area contributed by atoms with Crippen LogP contribution in [-0.4, -0.2) is 22.6 Å². The molecule has 3 N–H and O–H groups in total. The van der Waals surface area contributed by atoms with E-state index in [0.717, 1.165) is 28.0 Å². The first-order valence-corrected chi connectivity index (χ1v) is 9.10. The Morgan fingerprint density at radius 2 is 1.60 bits per heavy atom. The molecule has 0 saturated heterocycles. The van der Waals surface area contributed by atoms with Crippen LogP contribution in [0.3, 0.4) is 0 Å². The third-order valence-corrected chi connectivity index (χ3v) is 4.31. The van der Waals surface area contributed by atoms with Gasteiger partial charge in [-0.2, -0.15) is 8.42 Å². The Morgan fingerprint density at radius 1 is 0.960 bits per heavy atom. The van der Waals surface area contributed by atoms with Crippen LogP contribution in [0.5, 0.6) is 11.5 Å². The lowest BCUT2D eigenvalue weighted by Crippen LogP contribution is -2.22. The van der Waals surface area contributed by atoms with E-state index in [-0.39, 0.29) is 5.69 Å². The van der Waals surface area contributed by atoms with Crippen molar-refractivity contribution in [1.29, 1.82) is 0 Å². The molecule has 134 valence electrons. The van der Waals surface area contributed by atoms with Gasteiger partial charge >= 0.3 is 0 Å². The number of benzene rings is 2. The van der Waals surface area contributed by atoms with Crippen LogP contribution < -0.4 is 19.3 Å².